The van der Waals surface area contributed by atoms with Crippen molar-refractivity contribution in [2.24, 2.45) is 0 Å². The van der Waals surface area contributed by atoms with E-state index in [1.807, 2.05) is 72.3 Å². The van der Waals surface area contributed by atoms with Gasteiger partial charge in [-0.15, -0.1) is 0 Å². The Kier molecular flexibility index (Phi) is 5.74. The summed E-state index contributed by atoms with van der Waals surface area (Å²) in [6.45, 7) is 2.55. The molecule has 0 aliphatic rings. The lowest BCUT2D eigenvalue weighted by Gasteiger charge is -2.08. The number of nitrogen functional groups attached to an aromatic ring is 1. The van der Waals surface area contributed by atoms with E-state index in [1.54, 1.807) is 6.07 Å². The van der Waals surface area contributed by atoms with Crippen LogP contribution >= 0.6 is 0 Å². The minimum Gasteiger partial charge on any atom is -0.383 e. The Hall–Kier alpha value is -4.52. The minimum atomic E-state index is -0.143. The number of nitrogens with zero attached hydrogens (tertiary/aromatic N) is 4. The number of carbonyl (C=O) groups is 1. The second kappa shape index (κ2) is 9.15. The summed E-state index contributed by atoms with van der Waals surface area (Å²) >= 11 is 0. The maximum absolute atomic E-state index is 12.7. The number of benzene rings is 3. The van der Waals surface area contributed by atoms with E-state index in [4.69, 9.17) is 10.8 Å². The smallest absolute Gasteiger partial charge is 0.255 e. The third-order valence-electron chi connectivity index (χ3n) is 5.64. The van der Waals surface area contributed by atoms with Crippen LogP contribution in [0, 0.1) is 6.92 Å². The molecule has 3 aromatic carbocycles. The molecule has 5 rings (SSSR count). The molecule has 0 saturated heterocycles. The van der Waals surface area contributed by atoms with Crippen molar-refractivity contribution in [2.75, 3.05) is 11.1 Å². The van der Waals surface area contributed by atoms with E-state index in [1.165, 1.54) is 6.33 Å². The topological polar surface area (TPSA) is 98.7 Å². The highest BCUT2D eigenvalue weighted by Gasteiger charge is 2.16. The van der Waals surface area contributed by atoms with Crippen LogP contribution in [0.25, 0.3) is 11.0 Å². The molecule has 0 spiro atoms. The zero-order valence-electron chi connectivity index (χ0n) is 18.8. The number of aryl methyl sites for hydroxylation is 1. The number of nitrogens with two attached hydrogens (primary N) is 1. The zero-order chi connectivity index (χ0) is 23.5. The molecule has 0 unspecified atom stereocenters. The van der Waals surface area contributed by atoms with Gasteiger partial charge < -0.3 is 11.1 Å². The standard InChI is InChI=1S/C27H24N6O/c1-18-7-5-11-21(13-18)27(34)31-22-12-6-10-20(14-22)15-23-24-25(28)29-17-30-26(24)33(32-23)16-19-8-3-2-4-9-19/h2-14,17H,15-16H2,1H3,(H,31,34)(H2,28,29,30). The fraction of sp³-hybridized carbons (Fsp3) is 0.111. The second-order valence-corrected chi connectivity index (χ2v) is 8.25. The Morgan fingerprint density at radius 1 is 0.941 bits per heavy atom. The van der Waals surface area contributed by atoms with Gasteiger partial charge in [-0.05, 0) is 42.3 Å². The monoisotopic (exact) mass is 448 g/mol. The SMILES string of the molecule is Cc1cccc(C(=O)Nc2cccc(Cc3nn(Cc4ccccc4)c4ncnc(N)c34)c2)c1. The van der Waals surface area contributed by atoms with Crippen LogP contribution in [0.3, 0.4) is 0 Å². The van der Waals surface area contributed by atoms with Crippen molar-refractivity contribution in [3.63, 3.8) is 0 Å². The van der Waals surface area contributed by atoms with Gasteiger partial charge in [-0.25, -0.2) is 14.6 Å². The largest absolute Gasteiger partial charge is 0.383 e. The van der Waals surface area contributed by atoms with Crippen molar-refractivity contribution in [1.82, 2.24) is 19.7 Å². The molecule has 2 aromatic heterocycles. The molecule has 3 N–H and O–H groups in total. The minimum absolute atomic E-state index is 0.143. The first-order chi connectivity index (χ1) is 16.6. The van der Waals surface area contributed by atoms with Crippen LogP contribution in [0.5, 0.6) is 0 Å². The molecule has 7 nitrogen and oxygen atoms in total. The van der Waals surface area contributed by atoms with E-state index in [0.29, 0.717) is 30.0 Å². The molecule has 0 bridgehead atoms. The van der Waals surface area contributed by atoms with E-state index >= 15 is 0 Å². The molecule has 0 radical (unpaired) electrons. The third-order valence-corrected chi connectivity index (χ3v) is 5.64. The van der Waals surface area contributed by atoms with Crippen LogP contribution in [0.15, 0.2) is 85.2 Å². The van der Waals surface area contributed by atoms with Crippen molar-refractivity contribution >= 4 is 28.4 Å². The normalized spacial score (nSPS) is 11.0. The van der Waals surface area contributed by atoms with Crippen LogP contribution in [0.2, 0.25) is 0 Å². The summed E-state index contributed by atoms with van der Waals surface area (Å²) in [4.78, 5) is 21.3. The molecule has 0 atom stereocenters. The van der Waals surface area contributed by atoms with Gasteiger partial charge in [-0.3, -0.25) is 4.79 Å². The predicted octanol–water partition coefficient (Wildman–Crippen LogP) is 4.61. The van der Waals surface area contributed by atoms with Gasteiger partial charge in [0.1, 0.15) is 12.1 Å². The Balaban J connectivity index is 1.43. The van der Waals surface area contributed by atoms with E-state index in [0.717, 1.165) is 33.5 Å². The first-order valence-corrected chi connectivity index (χ1v) is 11.0. The highest BCUT2D eigenvalue weighted by molar-refractivity contribution is 6.04. The number of amides is 1. The van der Waals surface area contributed by atoms with Crippen LogP contribution in [-0.2, 0) is 13.0 Å². The fourth-order valence-electron chi connectivity index (χ4n) is 4.04. The van der Waals surface area contributed by atoms with Crippen LogP contribution < -0.4 is 11.1 Å². The van der Waals surface area contributed by atoms with Gasteiger partial charge in [-0.1, -0.05) is 60.2 Å². The number of anilines is 2. The number of fused-ring (bicyclic) bond motifs is 1. The molecule has 1 amide bonds. The van der Waals surface area contributed by atoms with Gasteiger partial charge in [-0.2, -0.15) is 5.10 Å². The molecule has 0 aliphatic carbocycles. The Morgan fingerprint density at radius 2 is 1.74 bits per heavy atom. The van der Waals surface area contributed by atoms with Crippen molar-refractivity contribution in [3.8, 4) is 0 Å². The Labute approximate surface area is 197 Å². The molecule has 34 heavy (non-hydrogen) atoms. The van der Waals surface area contributed by atoms with E-state index in [9.17, 15) is 4.79 Å². The molecule has 168 valence electrons. The number of carbonyl (C=O) groups excluding carboxylic acids is 1. The number of hydrogen-bond acceptors (Lipinski definition) is 5. The summed E-state index contributed by atoms with van der Waals surface area (Å²) in [6, 6.07) is 25.4. The molecule has 2 heterocycles. The molecular formula is C27H24N6O. The number of aromatic nitrogens is 4. The van der Waals surface area contributed by atoms with Crippen molar-refractivity contribution in [3.05, 3.63) is 113 Å². The van der Waals surface area contributed by atoms with Gasteiger partial charge in [0.25, 0.3) is 5.91 Å². The molecule has 5 aromatic rings. The summed E-state index contributed by atoms with van der Waals surface area (Å²) in [5, 5.41) is 8.58. The molecule has 7 heteroatoms. The van der Waals surface area contributed by atoms with Crippen LogP contribution in [-0.4, -0.2) is 25.7 Å². The van der Waals surface area contributed by atoms with E-state index in [2.05, 4.69) is 27.4 Å². The summed E-state index contributed by atoms with van der Waals surface area (Å²) < 4.78 is 1.86. The first kappa shape index (κ1) is 21.3. The average molecular weight is 449 g/mol. The van der Waals surface area contributed by atoms with Crippen LogP contribution in [0.4, 0.5) is 11.5 Å². The maximum Gasteiger partial charge on any atom is 0.255 e. The summed E-state index contributed by atoms with van der Waals surface area (Å²) in [5.41, 5.74) is 12.2. The molecule has 0 fully saturated rings. The zero-order valence-corrected chi connectivity index (χ0v) is 18.8. The van der Waals surface area contributed by atoms with Gasteiger partial charge in [0.2, 0.25) is 0 Å². The van der Waals surface area contributed by atoms with E-state index < -0.39 is 0 Å². The second-order valence-electron chi connectivity index (χ2n) is 8.25. The van der Waals surface area contributed by atoms with E-state index in [-0.39, 0.29) is 5.91 Å². The first-order valence-electron chi connectivity index (χ1n) is 11.0. The Bertz CT molecular complexity index is 1480. The van der Waals surface area contributed by atoms with Crippen molar-refractivity contribution < 1.29 is 4.79 Å². The summed E-state index contributed by atoms with van der Waals surface area (Å²) in [5.74, 6) is 0.263. The van der Waals surface area contributed by atoms with Gasteiger partial charge in [0.15, 0.2) is 5.65 Å². The lowest BCUT2D eigenvalue weighted by atomic mass is 10.1. The molecule has 0 saturated carbocycles. The number of nitrogens with one attached hydrogen (secondary N) is 1. The van der Waals surface area contributed by atoms with Crippen LogP contribution in [0.1, 0.15) is 32.7 Å². The Morgan fingerprint density at radius 3 is 2.56 bits per heavy atom. The predicted molar refractivity (Wildman–Crippen MR) is 134 cm³/mol. The lowest BCUT2D eigenvalue weighted by molar-refractivity contribution is 0.102. The van der Waals surface area contributed by atoms with Crippen molar-refractivity contribution in [1.29, 1.82) is 0 Å². The molecular weight excluding hydrogens is 424 g/mol. The quantitative estimate of drug-likeness (QED) is 0.395. The highest BCUT2D eigenvalue weighted by Crippen LogP contribution is 2.25. The number of rotatable bonds is 6. The summed E-state index contributed by atoms with van der Waals surface area (Å²) in [6.07, 6.45) is 2.00. The lowest BCUT2D eigenvalue weighted by Crippen LogP contribution is -2.12. The molecule has 0 aliphatic heterocycles. The maximum atomic E-state index is 12.7. The third kappa shape index (κ3) is 4.49. The average Bonchev–Trinajstić information content (AvgIpc) is 3.18. The van der Waals surface area contributed by atoms with Gasteiger partial charge >= 0.3 is 0 Å². The van der Waals surface area contributed by atoms with Gasteiger partial charge in [0, 0.05) is 17.7 Å². The highest BCUT2D eigenvalue weighted by atomic mass is 16.1. The number of hydrogen-bond donors (Lipinski definition) is 2. The van der Waals surface area contributed by atoms with Crippen molar-refractivity contribution in [2.45, 2.75) is 19.9 Å². The summed E-state index contributed by atoms with van der Waals surface area (Å²) in [7, 11) is 0. The fourth-order valence-corrected chi connectivity index (χ4v) is 4.04. The van der Waals surface area contributed by atoms with Gasteiger partial charge in [0.05, 0.1) is 17.6 Å².